The van der Waals surface area contributed by atoms with Gasteiger partial charge in [-0.1, -0.05) is 13.8 Å². The Morgan fingerprint density at radius 2 is 2.22 bits per heavy atom. The van der Waals surface area contributed by atoms with Crippen molar-refractivity contribution >= 4 is 5.91 Å². The highest BCUT2D eigenvalue weighted by molar-refractivity contribution is 5.93. The molecule has 0 spiro atoms. The van der Waals surface area contributed by atoms with Crippen LogP contribution >= 0.6 is 0 Å². The number of alkyl halides is 3. The second-order valence-corrected chi connectivity index (χ2v) is 6.15. The Bertz CT molecular complexity index is 549. The molecule has 2 rings (SSSR count). The zero-order valence-corrected chi connectivity index (χ0v) is 13.6. The third-order valence-electron chi connectivity index (χ3n) is 3.90. The molecule has 1 unspecified atom stereocenters. The molecule has 1 saturated heterocycles. The maximum atomic E-state index is 12.9. The van der Waals surface area contributed by atoms with Crippen molar-refractivity contribution < 1.29 is 22.7 Å². The summed E-state index contributed by atoms with van der Waals surface area (Å²) >= 11 is 0. The maximum Gasteiger partial charge on any atom is 0.406 e. The molecule has 1 amide bonds. The zero-order valence-electron chi connectivity index (χ0n) is 13.6. The van der Waals surface area contributed by atoms with Gasteiger partial charge in [-0.3, -0.25) is 9.48 Å². The van der Waals surface area contributed by atoms with E-state index in [-0.39, 0.29) is 18.2 Å². The highest BCUT2D eigenvalue weighted by atomic mass is 19.4. The van der Waals surface area contributed by atoms with Crippen molar-refractivity contribution in [1.29, 1.82) is 0 Å². The fraction of sp³-hybridized carbons (Fsp3) is 0.733. The normalized spacial score (nSPS) is 19.2. The SMILES string of the molecule is CC(C)c1cc(C(=O)N(CC(F)(F)F)C2CCCOC2)n(C)n1. The van der Waals surface area contributed by atoms with E-state index >= 15 is 0 Å². The van der Waals surface area contributed by atoms with Crippen molar-refractivity contribution in [3.8, 4) is 0 Å². The number of hydrogen-bond acceptors (Lipinski definition) is 3. The largest absolute Gasteiger partial charge is 0.406 e. The summed E-state index contributed by atoms with van der Waals surface area (Å²) in [6.07, 6.45) is -3.29. The van der Waals surface area contributed by atoms with E-state index in [1.165, 1.54) is 4.68 Å². The van der Waals surface area contributed by atoms with Crippen LogP contribution in [-0.4, -0.2) is 52.6 Å². The van der Waals surface area contributed by atoms with E-state index in [9.17, 15) is 18.0 Å². The smallest absolute Gasteiger partial charge is 0.379 e. The van der Waals surface area contributed by atoms with Crippen LogP contribution in [0.3, 0.4) is 0 Å². The molecule has 0 aromatic carbocycles. The van der Waals surface area contributed by atoms with E-state index in [0.717, 1.165) is 4.90 Å². The molecule has 1 atom stereocenters. The molecule has 1 aromatic rings. The Balaban J connectivity index is 2.28. The summed E-state index contributed by atoms with van der Waals surface area (Å²) in [5, 5.41) is 4.21. The van der Waals surface area contributed by atoms with Gasteiger partial charge in [-0.05, 0) is 24.8 Å². The molecule has 0 N–H and O–H groups in total. The first-order valence-electron chi connectivity index (χ1n) is 7.68. The highest BCUT2D eigenvalue weighted by Crippen LogP contribution is 2.24. The second-order valence-electron chi connectivity index (χ2n) is 6.15. The van der Waals surface area contributed by atoms with Crippen molar-refractivity contribution in [3.05, 3.63) is 17.5 Å². The monoisotopic (exact) mass is 333 g/mol. The number of ether oxygens (including phenoxy) is 1. The van der Waals surface area contributed by atoms with Crippen molar-refractivity contribution in [2.75, 3.05) is 19.8 Å². The van der Waals surface area contributed by atoms with Crippen LogP contribution in [0.2, 0.25) is 0 Å². The Kier molecular flexibility index (Phi) is 5.33. The topological polar surface area (TPSA) is 47.4 Å². The Morgan fingerprint density at radius 1 is 1.52 bits per heavy atom. The minimum Gasteiger partial charge on any atom is -0.379 e. The Morgan fingerprint density at radius 3 is 2.70 bits per heavy atom. The quantitative estimate of drug-likeness (QED) is 0.851. The molecular formula is C15H22F3N3O2. The van der Waals surface area contributed by atoms with Crippen LogP contribution in [0.15, 0.2) is 6.07 Å². The van der Waals surface area contributed by atoms with Crippen LogP contribution in [0.1, 0.15) is 48.8 Å². The van der Waals surface area contributed by atoms with Gasteiger partial charge in [0.1, 0.15) is 12.2 Å². The van der Waals surface area contributed by atoms with Gasteiger partial charge in [0.25, 0.3) is 5.91 Å². The number of nitrogens with zero attached hydrogens (tertiary/aromatic N) is 3. The van der Waals surface area contributed by atoms with E-state index in [1.54, 1.807) is 13.1 Å². The van der Waals surface area contributed by atoms with Crippen LogP contribution in [0, 0.1) is 0 Å². The lowest BCUT2D eigenvalue weighted by Gasteiger charge is -2.34. The number of rotatable bonds is 4. The van der Waals surface area contributed by atoms with Crippen LogP contribution in [0.5, 0.6) is 0 Å². The Hall–Kier alpha value is -1.57. The van der Waals surface area contributed by atoms with Crippen molar-refractivity contribution in [1.82, 2.24) is 14.7 Å². The molecule has 0 bridgehead atoms. The molecule has 1 aliphatic rings. The summed E-state index contributed by atoms with van der Waals surface area (Å²) in [5.41, 5.74) is 0.853. The summed E-state index contributed by atoms with van der Waals surface area (Å²) in [6.45, 7) is 3.21. The van der Waals surface area contributed by atoms with E-state index in [4.69, 9.17) is 4.74 Å². The van der Waals surface area contributed by atoms with Crippen LogP contribution < -0.4 is 0 Å². The van der Waals surface area contributed by atoms with Gasteiger partial charge < -0.3 is 9.64 Å². The highest BCUT2D eigenvalue weighted by Gasteiger charge is 2.38. The van der Waals surface area contributed by atoms with Gasteiger partial charge in [0.15, 0.2) is 0 Å². The van der Waals surface area contributed by atoms with Gasteiger partial charge in [0, 0.05) is 13.7 Å². The molecule has 1 aromatic heterocycles. The predicted molar refractivity (Wildman–Crippen MR) is 78.2 cm³/mol. The molecule has 130 valence electrons. The van der Waals surface area contributed by atoms with Gasteiger partial charge in [-0.25, -0.2) is 0 Å². The Labute approximate surface area is 133 Å². The lowest BCUT2D eigenvalue weighted by atomic mass is 10.1. The minimum atomic E-state index is -4.45. The zero-order chi connectivity index (χ0) is 17.2. The van der Waals surface area contributed by atoms with Crippen molar-refractivity contribution in [3.63, 3.8) is 0 Å². The third-order valence-corrected chi connectivity index (χ3v) is 3.90. The molecule has 0 saturated carbocycles. The number of halogens is 3. The molecule has 2 heterocycles. The lowest BCUT2D eigenvalue weighted by molar-refractivity contribution is -0.148. The van der Waals surface area contributed by atoms with Crippen LogP contribution in [-0.2, 0) is 11.8 Å². The van der Waals surface area contributed by atoms with Gasteiger partial charge in [0.2, 0.25) is 0 Å². The molecule has 0 radical (unpaired) electrons. The minimum absolute atomic E-state index is 0.0943. The summed E-state index contributed by atoms with van der Waals surface area (Å²) in [7, 11) is 1.57. The van der Waals surface area contributed by atoms with E-state index in [0.29, 0.717) is 25.1 Å². The number of amides is 1. The standard InChI is InChI=1S/C15H22F3N3O2/c1-10(2)12-7-13(20(3)19-12)14(22)21(9-15(16,17)18)11-5-4-6-23-8-11/h7,10-11H,4-6,8-9H2,1-3H3. The van der Waals surface area contributed by atoms with E-state index < -0.39 is 24.7 Å². The fourth-order valence-corrected chi connectivity index (χ4v) is 2.65. The number of hydrogen-bond donors (Lipinski definition) is 0. The predicted octanol–water partition coefficient (Wildman–Crippen LogP) is 2.73. The number of aryl methyl sites for hydroxylation is 1. The summed E-state index contributed by atoms with van der Waals surface area (Å²) in [6, 6.07) is 1.01. The van der Waals surface area contributed by atoms with Crippen molar-refractivity contribution in [2.24, 2.45) is 7.05 Å². The molecule has 0 aliphatic carbocycles. The van der Waals surface area contributed by atoms with Gasteiger partial charge in [0.05, 0.1) is 18.3 Å². The maximum absolute atomic E-state index is 12.9. The van der Waals surface area contributed by atoms with Gasteiger partial charge >= 0.3 is 6.18 Å². The van der Waals surface area contributed by atoms with Gasteiger partial charge in [-0.2, -0.15) is 18.3 Å². The number of aromatic nitrogens is 2. The first-order chi connectivity index (χ1) is 10.7. The first-order valence-corrected chi connectivity index (χ1v) is 7.68. The average molecular weight is 333 g/mol. The van der Waals surface area contributed by atoms with Crippen LogP contribution in [0.4, 0.5) is 13.2 Å². The molecule has 1 aliphatic heterocycles. The number of carbonyl (C=O) groups excluding carboxylic acids is 1. The molecular weight excluding hydrogens is 311 g/mol. The molecule has 5 nitrogen and oxygen atoms in total. The molecule has 1 fully saturated rings. The summed E-state index contributed by atoms with van der Waals surface area (Å²) in [4.78, 5) is 13.6. The second kappa shape index (κ2) is 6.90. The molecule has 23 heavy (non-hydrogen) atoms. The first kappa shape index (κ1) is 17.8. The van der Waals surface area contributed by atoms with E-state index in [2.05, 4.69) is 5.10 Å². The number of carbonyl (C=O) groups is 1. The summed E-state index contributed by atoms with van der Waals surface area (Å²) < 4.78 is 45.3. The summed E-state index contributed by atoms with van der Waals surface area (Å²) in [5.74, 6) is -0.559. The molecule has 8 heteroatoms. The average Bonchev–Trinajstić information content (AvgIpc) is 2.86. The third kappa shape index (κ3) is 4.46. The van der Waals surface area contributed by atoms with Gasteiger partial charge in [-0.15, -0.1) is 0 Å². The van der Waals surface area contributed by atoms with E-state index in [1.807, 2.05) is 13.8 Å². The van der Waals surface area contributed by atoms with Crippen LogP contribution in [0.25, 0.3) is 0 Å². The lowest BCUT2D eigenvalue weighted by Crippen LogP contribution is -2.49. The van der Waals surface area contributed by atoms with Crippen molar-refractivity contribution in [2.45, 2.75) is 44.8 Å². The fourth-order valence-electron chi connectivity index (χ4n) is 2.65.